The second-order valence-electron chi connectivity index (χ2n) is 5.81. The molecule has 1 amide bonds. The molecule has 0 saturated carbocycles. The number of anilines is 4. The second kappa shape index (κ2) is 8.49. The molecule has 0 bridgehead atoms. The number of nitrogen functional groups attached to an aromatic ring is 1. The summed E-state index contributed by atoms with van der Waals surface area (Å²) < 4.78 is 0.665. The van der Waals surface area contributed by atoms with Gasteiger partial charge in [-0.1, -0.05) is 24.3 Å². The topological polar surface area (TPSA) is 122 Å². The molecule has 8 nitrogen and oxygen atoms in total. The predicted octanol–water partition coefficient (Wildman–Crippen LogP) is 3.52. The van der Waals surface area contributed by atoms with Crippen molar-refractivity contribution in [2.45, 2.75) is 6.92 Å². The number of nitrogens with zero attached hydrogens (tertiary/aromatic N) is 2. The molecule has 9 heteroatoms. The quantitative estimate of drug-likeness (QED) is 0.341. The fraction of sp³-hybridized carbons (Fsp3) is 0.0526. The first-order valence-electron chi connectivity index (χ1n) is 8.25. The van der Waals surface area contributed by atoms with Crippen molar-refractivity contribution >= 4 is 50.6 Å². The van der Waals surface area contributed by atoms with Crippen LogP contribution in [0.4, 0.5) is 23.0 Å². The molecule has 142 valence electrons. The van der Waals surface area contributed by atoms with E-state index in [9.17, 15) is 9.59 Å². The van der Waals surface area contributed by atoms with Gasteiger partial charge in [-0.05, 0) is 47.1 Å². The molecule has 1 aromatic heterocycles. The van der Waals surface area contributed by atoms with E-state index < -0.39 is 0 Å². The largest absolute Gasteiger partial charge is 0.393 e. The molecule has 0 spiro atoms. The Morgan fingerprint density at radius 2 is 1.79 bits per heavy atom. The number of benzene rings is 2. The van der Waals surface area contributed by atoms with Crippen LogP contribution >= 0.6 is 15.9 Å². The number of hydrazine groups is 1. The van der Waals surface area contributed by atoms with Gasteiger partial charge in [0.2, 0.25) is 0 Å². The smallest absolute Gasteiger partial charge is 0.270 e. The van der Waals surface area contributed by atoms with Gasteiger partial charge in [0.15, 0.2) is 17.4 Å². The Hall–Kier alpha value is -3.46. The maximum atomic E-state index is 12.3. The molecule has 0 atom stereocenters. The molecule has 0 aliphatic rings. The van der Waals surface area contributed by atoms with Gasteiger partial charge in [-0.15, -0.1) is 0 Å². The third kappa shape index (κ3) is 4.44. The van der Waals surface area contributed by atoms with E-state index in [2.05, 4.69) is 42.1 Å². The zero-order valence-electron chi connectivity index (χ0n) is 14.9. The van der Waals surface area contributed by atoms with Crippen molar-refractivity contribution in [1.29, 1.82) is 0 Å². The molecule has 0 aliphatic heterocycles. The van der Waals surface area contributed by atoms with Gasteiger partial charge in [-0.3, -0.25) is 20.4 Å². The van der Waals surface area contributed by atoms with E-state index >= 15 is 0 Å². The Morgan fingerprint density at radius 3 is 2.54 bits per heavy atom. The lowest BCUT2D eigenvalue weighted by atomic mass is 10.1. The number of nitrogens with one attached hydrogen (secondary N) is 3. The van der Waals surface area contributed by atoms with Crippen molar-refractivity contribution in [2.24, 2.45) is 0 Å². The number of Topliss-reactive ketones (excluding diaryl/α,β-unsaturated/α-hetero) is 1. The second-order valence-corrected chi connectivity index (χ2v) is 6.66. The zero-order chi connectivity index (χ0) is 20.1. The van der Waals surface area contributed by atoms with E-state index in [4.69, 9.17) is 5.73 Å². The number of carbonyl (C=O) groups is 2. The number of halogens is 1. The Morgan fingerprint density at radius 1 is 1.04 bits per heavy atom. The lowest BCUT2D eigenvalue weighted by Gasteiger charge is -2.14. The maximum Gasteiger partial charge on any atom is 0.270 e. The molecule has 3 rings (SSSR count). The minimum atomic E-state index is -0.353. The average molecular weight is 441 g/mol. The van der Waals surface area contributed by atoms with Crippen LogP contribution in [-0.2, 0) is 0 Å². The van der Waals surface area contributed by atoms with Crippen molar-refractivity contribution in [1.82, 2.24) is 15.4 Å². The fourth-order valence-electron chi connectivity index (χ4n) is 2.38. The van der Waals surface area contributed by atoms with Crippen LogP contribution in [0.2, 0.25) is 0 Å². The first kappa shape index (κ1) is 19.3. The van der Waals surface area contributed by atoms with Crippen molar-refractivity contribution < 1.29 is 9.59 Å². The number of hydrogen-bond acceptors (Lipinski definition) is 7. The zero-order valence-corrected chi connectivity index (χ0v) is 16.4. The van der Waals surface area contributed by atoms with Gasteiger partial charge in [0.05, 0.1) is 5.56 Å². The SMILES string of the molecule is CC(=O)c1cccc(Nc2ncnc(NNC(=O)c3ccccc3Br)c2N)c1. The maximum absolute atomic E-state index is 12.3. The highest BCUT2D eigenvalue weighted by Crippen LogP contribution is 2.26. The Balaban J connectivity index is 1.74. The van der Waals surface area contributed by atoms with Crippen molar-refractivity contribution in [3.8, 4) is 0 Å². The summed E-state index contributed by atoms with van der Waals surface area (Å²) in [4.78, 5) is 32.0. The van der Waals surface area contributed by atoms with Gasteiger partial charge < -0.3 is 11.1 Å². The molecule has 0 aliphatic carbocycles. The molecule has 0 radical (unpaired) electrons. The van der Waals surface area contributed by atoms with E-state index in [0.29, 0.717) is 27.1 Å². The number of carbonyl (C=O) groups excluding carboxylic acids is 2. The molecule has 1 heterocycles. The number of hydrogen-bond donors (Lipinski definition) is 4. The van der Waals surface area contributed by atoms with Gasteiger partial charge in [0, 0.05) is 15.7 Å². The summed E-state index contributed by atoms with van der Waals surface area (Å²) in [7, 11) is 0. The number of aromatic nitrogens is 2. The van der Waals surface area contributed by atoms with Gasteiger partial charge >= 0.3 is 0 Å². The standard InChI is InChI=1S/C19H17BrN6O2/c1-11(27)12-5-4-6-13(9-12)24-17-16(21)18(23-10-22-17)25-26-19(28)14-7-2-3-8-15(14)20/h2-10H,21H2,1H3,(H,26,28)(H2,22,23,24,25). The number of ketones is 1. The van der Waals surface area contributed by atoms with Gasteiger partial charge in [0.1, 0.15) is 12.0 Å². The van der Waals surface area contributed by atoms with E-state index in [1.807, 2.05) is 6.07 Å². The van der Waals surface area contributed by atoms with Crippen LogP contribution in [0, 0.1) is 0 Å². The Labute approximate surface area is 169 Å². The van der Waals surface area contributed by atoms with Crippen molar-refractivity contribution in [3.63, 3.8) is 0 Å². The molecular formula is C19H17BrN6O2. The van der Waals surface area contributed by atoms with Gasteiger partial charge in [0.25, 0.3) is 5.91 Å². The van der Waals surface area contributed by atoms with Crippen LogP contribution in [0.1, 0.15) is 27.6 Å². The van der Waals surface area contributed by atoms with Gasteiger partial charge in [-0.25, -0.2) is 9.97 Å². The van der Waals surface area contributed by atoms with Crippen LogP contribution in [0.25, 0.3) is 0 Å². The molecule has 0 unspecified atom stereocenters. The van der Waals surface area contributed by atoms with E-state index in [1.54, 1.807) is 42.5 Å². The van der Waals surface area contributed by atoms with Crippen LogP contribution in [-0.4, -0.2) is 21.7 Å². The summed E-state index contributed by atoms with van der Waals surface area (Å²) in [6.07, 6.45) is 1.31. The highest BCUT2D eigenvalue weighted by atomic mass is 79.9. The van der Waals surface area contributed by atoms with Crippen molar-refractivity contribution in [2.75, 3.05) is 16.5 Å². The molecule has 0 fully saturated rings. The average Bonchev–Trinajstić information content (AvgIpc) is 2.69. The molecule has 28 heavy (non-hydrogen) atoms. The number of nitrogens with two attached hydrogens (primary N) is 1. The first-order valence-corrected chi connectivity index (χ1v) is 9.04. The Kier molecular flexibility index (Phi) is 5.85. The Bertz CT molecular complexity index is 1040. The molecule has 3 aromatic rings. The first-order chi connectivity index (χ1) is 13.5. The van der Waals surface area contributed by atoms with Crippen LogP contribution < -0.4 is 21.9 Å². The summed E-state index contributed by atoms with van der Waals surface area (Å²) in [5, 5.41) is 3.05. The van der Waals surface area contributed by atoms with Gasteiger partial charge in [-0.2, -0.15) is 0 Å². The van der Waals surface area contributed by atoms with E-state index in [-0.39, 0.29) is 23.2 Å². The van der Waals surface area contributed by atoms with Crippen molar-refractivity contribution in [3.05, 3.63) is 70.5 Å². The van der Waals surface area contributed by atoms with Crippen LogP contribution in [0.3, 0.4) is 0 Å². The highest BCUT2D eigenvalue weighted by molar-refractivity contribution is 9.10. The minimum absolute atomic E-state index is 0.0450. The normalized spacial score (nSPS) is 10.2. The summed E-state index contributed by atoms with van der Waals surface area (Å²) in [5.74, 6) is 0.180. The third-order valence-electron chi connectivity index (χ3n) is 3.83. The third-order valence-corrected chi connectivity index (χ3v) is 4.52. The summed E-state index contributed by atoms with van der Waals surface area (Å²) in [6.45, 7) is 1.49. The van der Waals surface area contributed by atoms with E-state index in [1.165, 1.54) is 13.3 Å². The summed E-state index contributed by atoms with van der Waals surface area (Å²) in [6, 6.07) is 14.0. The molecule has 0 saturated heterocycles. The highest BCUT2D eigenvalue weighted by Gasteiger charge is 2.12. The number of rotatable bonds is 6. The minimum Gasteiger partial charge on any atom is -0.393 e. The predicted molar refractivity (Wildman–Crippen MR) is 111 cm³/mol. The molecule has 2 aromatic carbocycles. The van der Waals surface area contributed by atoms with Crippen LogP contribution in [0.15, 0.2) is 59.3 Å². The van der Waals surface area contributed by atoms with E-state index in [0.717, 1.165) is 0 Å². The molecular weight excluding hydrogens is 424 g/mol. The number of amides is 1. The lowest BCUT2D eigenvalue weighted by Crippen LogP contribution is -2.30. The fourth-order valence-corrected chi connectivity index (χ4v) is 2.84. The summed E-state index contributed by atoms with van der Waals surface area (Å²) >= 11 is 3.33. The molecule has 5 N–H and O–H groups in total. The van der Waals surface area contributed by atoms with Crippen LogP contribution in [0.5, 0.6) is 0 Å². The monoisotopic (exact) mass is 440 g/mol. The summed E-state index contributed by atoms with van der Waals surface area (Å²) in [5.41, 5.74) is 13.3. The lowest BCUT2D eigenvalue weighted by molar-refractivity contribution is 0.0960.